The van der Waals surface area contributed by atoms with Crippen molar-refractivity contribution >= 4 is 17.3 Å². The minimum Gasteiger partial charge on any atom is -0.342 e. The third kappa shape index (κ3) is 5.16. The second kappa shape index (κ2) is 11.0. The molecular weight excluding hydrogens is 564 g/mol. The second-order valence-electron chi connectivity index (χ2n) is 12.0. The predicted molar refractivity (Wildman–Crippen MR) is 159 cm³/mol. The van der Waals surface area contributed by atoms with Crippen LogP contribution >= 0.6 is 0 Å². The fraction of sp³-hybridized carbons (Fsp3) is 0.333. The van der Waals surface area contributed by atoms with E-state index in [0.717, 1.165) is 49.4 Å². The lowest BCUT2D eigenvalue weighted by Crippen LogP contribution is -2.49. The summed E-state index contributed by atoms with van der Waals surface area (Å²) >= 11 is 0. The number of amides is 1. The number of nitrogens with zero attached hydrogens (tertiary/aromatic N) is 7. The first kappa shape index (κ1) is 28.0. The number of carbonyl (C=O) groups is 2. The molecule has 1 saturated carbocycles. The van der Waals surface area contributed by atoms with Gasteiger partial charge in [-0.3, -0.25) is 9.59 Å². The molecule has 0 bridgehead atoms. The Hall–Kier alpha value is -4.80. The highest BCUT2D eigenvalue weighted by molar-refractivity contribution is 5.97. The minimum atomic E-state index is -0.712. The number of imidazole rings is 2. The SMILES string of the molecule is CC1(C(=O)N2CCC(n3cnc(-c4ccc(F)cc4)c3-c3ccc4nc(CC(=O)c5ccnc(F)c5)cn4n3)CC2)CCC1. The minimum absolute atomic E-state index is 0.0166. The van der Waals surface area contributed by atoms with E-state index in [0.29, 0.717) is 35.8 Å². The Morgan fingerprint density at radius 1 is 1.00 bits per heavy atom. The molecule has 2 fully saturated rings. The molecule has 5 heterocycles. The van der Waals surface area contributed by atoms with Crippen LogP contribution in [0.1, 0.15) is 61.1 Å². The van der Waals surface area contributed by atoms with Crippen LogP contribution in [0.5, 0.6) is 0 Å². The van der Waals surface area contributed by atoms with Crippen LogP contribution in [-0.2, 0) is 11.2 Å². The van der Waals surface area contributed by atoms with Crippen LogP contribution in [0, 0.1) is 17.2 Å². The molecule has 0 radical (unpaired) electrons. The molecule has 224 valence electrons. The Kier molecular flexibility index (Phi) is 7.02. The van der Waals surface area contributed by atoms with Crippen LogP contribution in [0.2, 0.25) is 0 Å². The van der Waals surface area contributed by atoms with Gasteiger partial charge in [-0.2, -0.15) is 9.49 Å². The van der Waals surface area contributed by atoms with Gasteiger partial charge in [0.25, 0.3) is 0 Å². The van der Waals surface area contributed by atoms with E-state index in [4.69, 9.17) is 10.1 Å². The predicted octanol–water partition coefficient (Wildman–Crippen LogP) is 5.71. The van der Waals surface area contributed by atoms with Gasteiger partial charge >= 0.3 is 0 Å². The lowest BCUT2D eigenvalue weighted by atomic mass is 9.69. The molecule has 9 nitrogen and oxygen atoms in total. The number of fused-ring (bicyclic) bond motifs is 1. The quantitative estimate of drug-likeness (QED) is 0.177. The topological polar surface area (TPSA) is 98.3 Å². The van der Waals surface area contributed by atoms with Crippen molar-refractivity contribution in [2.75, 3.05) is 13.1 Å². The van der Waals surface area contributed by atoms with Gasteiger partial charge in [-0.05, 0) is 68.1 Å². The molecule has 1 amide bonds. The smallest absolute Gasteiger partial charge is 0.228 e. The summed E-state index contributed by atoms with van der Waals surface area (Å²) in [5.41, 5.74) is 3.93. The van der Waals surface area contributed by atoms with E-state index in [-0.39, 0.29) is 40.9 Å². The maximum atomic E-state index is 13.8. The van der Waals surface area contributed by atoms with Gasteiger partial charge in [-0.15, -0.1) is 0 Å². The molecule has 0 spiro atoms. The molecular formula is C33H31F2N7O2. The molecule has 1 aliphatic carbocycles. The molecule has 2 aliphatic rings. The Bertz CT molecular complexity index is 1870. The monoisotopic (exact) mass is 595 g/mol. The molecule has 7 rings (SSSR count). The summed E-state index contributed by atoms with van der Waals surface area (Å²) in [5.74, 6) is -1.06. The fourth-order valence-electron chi connectivity index (χ4n) is 6.35. The zero-order chi connectivity index (χ0) is 30.4. The molecule has 44 heavy (non-hydrogen) atoms. The zero-order valence-corrected chi connectivity index (χ0v) is 24.3. The van der Waals surface area contributed by atoms with Gasteiger partial charge in [0.1, 0.15) is 11.5 Å². The van der Waals surface area contributed by atoms with Crippen molar-refractivity contribution in [3.05, 3.63) is 90.3 Å². The van der Waals surface area contributed by atoms with Crippen LogP contribution in [0.15, 0.2) is 67.3 Å². The van der Waals surface area contributed by atoms with E-state index in [9.17, 15) is 18.4 Å². The van der Waals surface area contributed by atoms with Crippen LogP contribution in [0.25, 0.3) is 28.3 Å². The lowest BCUT2D eigenvalue weighted by Gasteiger charge is -2.43. The second-order valence-corrected chi connectivity index (χ2v) is 12.0. The summed E-state index contributed by atoms with van der Waals surface area (Å²) in [6, 6.07) is 12.6. The average Bonchev–Trinajstić information content (AvgIpc) is 3.63. The summed E-state index contributed by atoms with van der Waals surface area (Å²) in [7, 11) is 0. The number of pyridine rings is 1. The maximum absolute atomic E-state index is 13.8. The van der Waals surface area contributed by atoms with Crippen molar-refractivity contribution in [1.82, 2.24) is 34.0 Å². The number of aromatic nitrogens is 6. The number of Topliss-reactive ketones (excluding diaryl/α,β-unsaturated/α-hetero) is 1. The van der Waals surface area contributed by atoms with Gasteiger partial charge in [0, 0.05) is 47.9 Å². The number of hydrogen-bond donors (Lipinski definition) is 0. The largest absolute Gasteiger partial charge is 0.342 e. The van der Waals surface area contributed by atoms with Gasteiger partial charge in [-0.1, -0.05) is 13.3 Å². The highest BCUT2D eigenvalue weighted by atomic mass is 19.1. The van der Waals surface area contributed by atoms with Crippen molar-refractivity contribution in [3.8, 4) is 22.6 Å². The first-order valence-corrected chi connectivity index (χ1v) is 14.9. The van der Waals surface area contributed by atoms with Crippen molar-refractivity contribution in [3.63, 3.8) is 0 Å². The summed E-state index contributed by atoms with van der Waals surface area (Å²) < 4.78 is 31.1. The van der Waals surface area contributed by atoms with E-state index in [1.54, 1.807) is 29.2 Å². The lowest BCUT2D eigenvalue weighted by molar-refractivity contribution is -0.147. The van der Waals surface area contributed by atoms with Crippen molar-refractivity contribution < 1.29 is 18.4 Å². The average molecular weight is 596 g/mol. The van der Waals surface area contributed by atoms with Gasteiger partial charge in [-0.25, -0.2) is 23.9 Å². The van der Waals surface area contributed by atoms with Gasteiger partial charge in [0.15, 0.2) is 11.4 Å². The Morgan fingerprint density at radius 2 is 1.77 bits per heavy atom. The number of likely N-dealkylation sites (tertiary alicyclic amines) is 1. The molecule has 11 heteroatoms. The van der Waals surface area contributed by atoms with E-state index in [2.05, 4.69) is 21.5 Å². The Balaban J connectivity index is 1.20. The molecule has 1 saturated heterocycles. The third-order valence-electron chi connectivity index (χ3n) is 9.03. The standard InChI is InChI=1S/C33H31F2N7O2/c1-33(12-2-13-33)32(44)40-15-10-25(11-16-40)41-20-37-30(21-3-5-23(34)6-4-21)31(41)26-7-8-29-38-24(19-42(29)39-26)18-27(43)22-9-14-36-28(35)17-22/h3-9,14,17,19-20,25H,2,10-13,15-16,18H2,1H3. The van der Waals surface area contributed by atoms with E-state index < -0.39 is 5.95 Å². The number of halogens is 2. The van der Waals surface area contributed by atoms with Crippen molar-refractivity contribution in [1.29, 1.82) is 0 Å². The molecule has 0 atom stereocenters. The van der Waals surface area contributed by atoms with Crippen LogP contribution in [-0.4, -0.2) is 58.8 Å². The number of benzene rings is 1. The van der Waals surface area contributed by atoms with Gasteiger partial charge < -0.3 is 9.47 Å². The fourth-order valence-corrected chi connectivity index (χ4v) is 6.35. The number of ketones is 1. The maximum Gasteiger partial charge on any atom is 0.228 e. The summed E-state index contributed by atoms with van der Waals surface area (Å²) in [4.78, 5) is 40.7. The number of rotatable bonds is 7. The van der Waals surface area contributed by atoms with Crippen LogP contribution in [0.4, 0.5) is 8.78 Å². The van der Waals surface area contributed by atoms with Crippen molar-refractivity contribution in [2.45, 2.75) is 51.5 Å². The van der Waals surface area contributed by atoms with Gasteiger partial charge in [0.2, 0.25) is 11.9 Å². The first-order valence-electron chi connectivity index (χ1n) is 14.9. The first-order chi connectivity index (χ1) is 21.3. The van der Waals surface area contributed by atoms with E-state index >= 15 is 0 Å². The van der Waals surface area contributed by atoms with Crippen LogP contribution < -0.4 is 0 Å². The van der Waals surface area contributed by atoms with Crippen molar-refractivity contribution in [2.24, 2.45) is 5.41 Å². The highest BCUT2D eigenvalue weighted by Gasteiger charge is 2.42. The summed E-state index contributed by atoms with van der Waals surface area (Å²) in [6.45, 7) is 3.43. The summed E-state index contributed by atoms with van der Waals surface area (Å²) in [5, 5.41) is 4.86. The number of piperidine rings is 1. The molecule has 0 unspecified atom stereocenters. The normalized spacial score (nSPS) is 16.7. The number of hydrogen-bond acceptors (Lipinski definition) is 6. The van der Waals surface area contributed by atoms with Gasteiger partial charge in [0.05, 0.1) is 36.0 Å². The van der Waals surface area contributed by atoms with Crippen LogP contribution in [0.3, 0.4) is 0 Å². The zero-order valence-electron chi connectivity index (χ0n) is 24.3. The Labute approximate surface area is 252 Å². The molecule has 1 aromatic carbocycles. The third-order valence-corrected chi connectivity index (χ3v) is 9.03. The molecule has 5 aromatic rings. The molecule has 0 N–H and O–H groups in total. The summed E-state index contributed by atoms with van der Waals surface area (Å²) in [6.07, 6.45) is 9.33. The molecule has 4 aromatic heterocycles. The van der Waals surface area contributed by atoms with E-state index in [1.165, 1.54) is 24.4 Å². The number of carbonyl (C=O) groups excluding carboxylic acids is 2. The van der Waals surface area contributed by atoms with E-state index in [1.807, 2.05) is 17.0 Å². The molecule has 1 aliphatic heterocycles. The Morgan fingerprint density at radius 3 is 2.48 bits per heavy atom. The highest BCUT2D eigenvalue weighted by Crippen LogP contribution is 2.43.